The molecule has 2 rings (SSSR count). The highest BCUT2D eigenvalue weighted by molar-refractivity contribution is 9.11. The second-order valence-electron chi connectivity index (χ2n) is 4.36. The number of guanidine groups is 2. The molecule has 1 aromatic rings. The van der Waals surface area contributed by atoms with Crippen LogP contribution in [-0.4, -0.2) is 18.5 Å². The number of nitrogens with zero attached hydrogens (tertiary/aromatic N) is 2. The summed E-state index contributed by atoms with van der Waals surface area (Å²) in [5.74, 6) is 1.10. The van der Waals surface area contributed by atoms with Gasteiger partial charge in [0.15, 0.2) is 0 Å². The molecule has 0 heterocycles. The number of rotatable bonds is 3. The molecule has 0 spiro atoms. The summed E-state index contributed by atoms with van der Waals surface area (Å²) in [6.45, 7) is 0.737. The number of hydrogen-bond acceptors (Lipinski definition) is 1. The minimum Gasteiger partial charge on any atom is -0.369 e. The van der Waals surface area contributed by atoms with E-state index in [1.54, 1.807) is 0 Å². The largest absolute Gasteiger partial charge is 0.369 e. The second kappa shape index (κ2) is 6.38. The second-order valence-corrected chi connectivity index (χ2v) is 6.07. The number of para-hydroxylation sites is 1. The van der Waals surface area contributed by atoms with Gasteiger partial charge in [0.1, 0.15) is 0 Å². The molecule has 102 valence electrons. The predicted molar refractivity (Wildman–Crippen MR) is 86.3 cm³/mol. The SMILES string of the molecule is NC(=NCC1CC1)N=C(N)Nc1c(Br)cccc1Br. The lowest BCUT2D eigenvalue weighted by Crippen LogP contribution is -2.26. The van der Waals surface area contributed by atoms with Crippen molar-refractivity contribution in [3.63, 3.8) is 0 Å². The molecule has 5 nitrogen and oxygen atoms in total. The lowest BCUT2D eigenvalue weighted by atomic mass is 10.3. The number of nitrogens with one attached hydrogen (secondary N) is 1. The van der Waals surface area contributed by atoms with Gasteiger partial charge in [0.25, 0.3) is 0 Å². The van der Waals surface area contributed by atoms with Crippen molar-refractivity contribution in [1.29, 1.82) is 0 Å². The molecule has 0 atom stereocenters. The Labute approximate surface area is 128 Å². The van der Waals surface area contributed by atoms with Gasteiger partial charge in [-0.2, -0.15) is 4.99 Å². The summed E-state index contributed by atoms with van der Waals surface area (Å²) >= 11 is 6.87. The fraction of sp³-hybridized carbons (Fsp3) is 0.333. The summed E-state index contributed by atoms with van der Waals surface area (Å²) in [6, 6.07) is 5.73. The lowest BCUT2D eigenvalue weighted by Gasteiger charge is -2.09. The standard InChI is InChI=1S/C12H15Br2N5/c13-8-2-1-3-9(14)10(8)18-12(16)19-11(15)17-6-7-4-5-7/h1-3,7H,4-6H2,(H5,15,16,17,18,19). The van der Waals surface area contributed by atoms with E-state index < -0.39 is 0 Å². The Kier molecular flexibility index (Phi) is 4.81. The number of aliphatic imine (C=N–C) groups is 2. The molecule has 19 heavy (non-hydrogen) atoms. The molecule has 5 N–H and O–H groups in total. The molecule has 1 aromatic carbocycles. The molecule has 0 aliphatic heterocycles. The van der Waals surface area contributed by atoms with Crippen molar-refractivity contribution in [2.75, 3.05) is 11.9 Å². The van der Waals surface area contributed by atoms with Crippen LogP contribution >= 0.6 is 31.9 Å². The number of anilines is 1. The summed E-state index contributed by atoms with van der Waals surface area (Å²) in [7, 11) is 0. The third-order valence-electron chi connectivity index (χ3n) is 2.66. The summed E-state index contributed by atoms with van der Waals surface area (Å²) in [5, 5.41) is 2.99. The van der Waals surface area contributed by atoms with E-state index in [0.717, 1.165) is 21.2 Å². The van der Waals surface area contributed by atoms with Crippen LogP contribution in [0.4, 0.5) is 5.69 Å². The van der Waals surface area contributed by atoms with E-state index in [2.05, 4.69) is 47.2 Å². The Morgan fingerprint density at radius 2 is 1.89 bits per heavy atom. The van der Waals surface area contributed by atoms with Crippen molar-refractivity contribution < 1.29 is 0 Å². The van der Waals surface area contributed by atoms with Crippen LogP contribution in [0.2, 0.25) is 0 Å². The molecule has 1 aliphatic carbocycles. The van der Waals surface area contributed by atoms with Crippen LogP contribution in [0.1, 0.15) is 12.8 Å². The third kappa shape index (κ3) is 4.50. The maximum Gasteiger partial charge on any atom is 0.218 e. The van der Waals surface area contributed by atoms with Crippen molar-refractivity contribution >= 4 is 49.5 Å². The van der Waals surface area contributed by atoms with Crippen LogP contribution in [0.3, 0.4) is 0 Å². The van der Waals surface area contributed by atoms with Crippen LogP contribution in [0.5, 0.6) is 0 Å². The Morgan fingerprint density at radius 1 is 1.26 bits per heavy atom. The summed E-state index contributed by atoms with van der Waals surface area (Å²) in [4.78, 5) is 8.20. The minimum atomic E-state index is 0.208. The normalized spacial score (nSPS) is 16.5. The van der Waals surface area contributed by atoms with Crippen LogP contribution in [0.15, 0.2) is 37.1 Å². The van der Waals surface area contributed by atoms with Gasteiger partial charge in [-0.05, 0) is 62.8 Å². The maximum atomic E-state index is 5.80. The number of benzene rings is 1. The number of halogens is 2. The highest BCUT2D eigenvalue weighted by Crippen LogP contribution is 2.30. The van der Waals surface area contributed by atoms with E-state index in [-0.39, 0.29) is 11.9 Å². The molecule has 0 saturated heterocycles. The molecule has 1 saturated carbocycles. The van der Waals surface area contributed by atoms with E-state index in [4.69, 9.17) is 11.5 Å². The summed E-state index contributed by atoms with van der Waals surface area (Å²) in [5.41, 5.74) is 12.3. The first-order valence-corrected chi connectivity index (χ1v) is 7.50. The molecule has 0 radical (unpaired) electrons. The van der Waals surface area contributed by atoms with Gasteiger partial charge in [0.2, 0.25) is 11.9 Å². The molecule has 0 aromatic heterocycles. The van der Waals surface area contributed by atoms with Crippen LogP contribution in [0.25, 0.3) is 0 Å². The molecule has 0 unspecified atom stereocenters. The van der Waals surface area contributed by atoms with Gasteiger partial charge in [-0.25, -0.2) is 0 Å². The lowest BCUT2D eigenvalue weighted by molar-refractivity contribution is 0.845. The van der Waals surface area contributed by atoms with Gasteiger partial charge in [-0.3, -0.25) is 4.99 Å². The minimum absolute atomic E-state index is 0.208. The van der Waals surface area contributed by atoms with E-state index in [1.165, 1.54) is 12.8 Å². The van der Waals surface area contributed by atoms with Crippen LogP contribution in [-0.2, 0) is 0 Å². The predicted octanol–water partition coefficient (Wildman–Crippen LogP) is 2.66. The highest BCUT2D eigenvalue weighted by Gasteiger charge is 2.20. The molecular formula is C12H15Br2N5. The Hall–Kier alpha value is -1.08. The smallest absolute Gasteiger partial charge is 0.218 e. The monoisotopic (exact) mass is 387 g/mol. The van der Waals surface area contributed by atoms with E-state index >= 15 is 0 Å². The highest BCUT2D eigenvalue weighted by atomic mass is 79.9. The van der Waals surface area contributed by atoms with Crippen molar-refractivity contribution in [1.82, 2.24) is 0 Å². The van der Waals surface area contributed by atoms with E-state index in [1.807, 2.05) is 18.2 Å². The molecule has 0 amide bonds. The van der Waals surface area contributed by atoms with Gasteiger partial charge in [-0.1, -0.05) is 6.07 Å². The van der Waals surface area contributed by atoms with Gasteiger partial charge in [-0.15, -0.1) is 0 Å². The molecule has 1 aliphatic rings. The molecule has 1 fully saturated rings. The average molecular weight is 389 g/mol. The van der Waals surface area contributed by atoms with Crippen LogP contribution < -0.4 is 16.8 Å². The zero-order chi connectivity index (χ0) is 13.8. The van der Waals surface area contributed by atoms with Crippen LogP contribution in [0, 0.1) is 5.92 Å². The summed E-state index contributed by atoms with van der Waals surface area (Å²) < 4.78 is 1.77. The topological polar surface area (TPSA) is 88.8 Å². The number of nitrogens with two attached hydrogens (primary N) is 2. The number of hydrogen-bond donors (Lipinski definition) is 3. The van der Waals surface area contributed by atoms with Gasteiger partial charge < -0.3 is 16.8 Å². The van der Waals surface area contributed by atoms with E-state index in [9.17, 15) is 0 Å². The molecule has 0 bridgehead atoms. The molecule has 7 heteroatoms. The molecular weight excluding hydrogens is 374 g/mol. The first-order chi connectivity index (χ1) is 9.06. The zero-order valence-electron chi connectivity index (χ0n) is 10.2. The maximum absolute atomic E-state index is 5.80. The quantitative estimate of drug-likeness (QED) is 0.549. The van der Waals surface area contributed by atoms with Crippen molar-refractivity contribution in [3.8, 4) is 0 Å². The summed E-state index contributed by atoms with van der Waals surface area (Å²) in [6.07, 6.45) is 2.47. The zero-order valence-corrected chi connectivity index (χ0v) is 13.4. The van der Waals surface area contributed by atoms with Crippen molar-refractivity contribution in [3.05, 3.63) is 27.1 Å². The average Bonchev–Trinajstić information content (AvgIpc) is 3.15. The fourth-order valence-electron chi connectivity index (χ4n) is 1.46. The Morgan fingerprint density at radius 3 is 2.47 bits per heavy atom. The third-order valence-corrected chi connectivity index (χ3v) is 3.98. The van der Waals surface area contributed by atoms with Crippen molar-refractivity contribution in [2.45, 2.75) is 12.8 Å². The van der Waals surface area contributed by atoms with E-state index in [0.29, 0.717) is 5.92 Å². The fourth-order valence-corrected chi connectivity index (χ4v) is 2.65. The van der Waals surface area contributed by atoms with Gasteiger partial charge in [0.05, 0.1) is 5.69 Å². The van der Waals surface area contributed by atoms with Crippen molar-refractivity contribution in [2.24, 2.45) is 27.4 Å². The first kappa shape index (κ1) is 14.3. The first-order valence-electron chi connectivity index (χ1n) is 5.91. The Bertz CT molecular complexity index is 503. The van der Waals surface area contributed by atoms with Gasteiger partial charge in [0, 0.05) is 15.5 Å². The van der Waals surface area contributed by atoms with Gasteiger partial charge >= 0.3 is 0 Å². The Balaban J connectivity index is 2.02.